The molecule has 13 heteroatoms. The molecule has 13 nitrogen and oxygen atoms in total. The van der Waals surface area contributed by atoms with E-state index >= 15 is 0 Å². The maximum absolute atomic E-state index is 13.7. The van der Waals surface area contributed by atoms with E-state index in [1.54, 1.807) is 42.5 Å². The lowest BCUT2D eigenvalue weighted by atomic mass is 10.0. The molecule has 0 saturated carbocycles. The lowest BCUT2D eigenvalue weighted by molar-refractivity contribution is 0.0931. The maximum Gasteiger partial charge on any atom is 0.270 e. The van der Waals surface area contributed by atoms with Gasteiger partial charge in [0.05, 0.1) is 0 Å². The van der Waals surface area contributed by atoms with Crippen LogP contribution in [0.25, 0.3) is 0 Å². The van der Waals surface area contributed by atoms with Crippen LogP contribution in [0.5, 0.6) is 0 Å². The van der Waals surface area contributed by atoms with Gasteiger partial charge < -0.3 is 31.9 Å². The van der Waals surface area contributed by atoms with Crippen molar-refractivity contribution < 1.29 is 28.8 Å². The largest absolute Gasteiger partial charge is 0.352 e. The summed E-state index contributed by atoms with van der Waals surface area (Å²) in [6.45, 7) is 11.1. The lowest BCUT2D eigenvalue weighted by Gasteiger charge is -2.13. The summed E-state index contributed by atoms with van der Waals surface area (Å²) in [5, 5.41) is 18.0. The molecular weight excluding hydrogens is 1070 g/mol. The van der Waals surface area contributed by atoms with Crippen molar-refractivity contribution in [3.05, 3.63) is 99.4 Å². The monoisotopic (exact) mass is 1190 g/mol. The van der Waals surface area contributed by atoms with E-state index in [-0.39, 0.29) is 48.1 Å². The third kappa shape index (κ3) is 35.9. The van der Waals surface area contributed by atoms with Crippen LogP contribution in [0.1, 0.15) is 358 Å². The second kappa shape index (κ2) is 50.4. The van der Waals surface area contributed by atoms with Gasteiger partial charge in [0.25, 0.3) is 35.4 Å². The van der Waals surface area contributed by atoms with Crippen LogP contribution in [0.4, 0.5) is 0 Å². The number of hydrogen-bond acceptors (Lipinski definition) is 7. The summed E-state index contributed by atoms with van der Waals surface area (Å²) in [5.41, 5.74) is 2.55. The number of aromatic nitrogens is 1. The molecule has 1 heterocycles. The number of carbonyl (C=O) groups is 6. The number of nitrogens with one attached hydrogen (secondary N) is 6. The molecular formula is C73H119N7O6. The number of unbranched alkanes of at least 4 members (excludes halogenated alkanes) is 36. The highest BCUT2D eigenvalue weighted by Gasteiger charge is 2.18. The van der Waals surface area contributed by atoms with Gasteiger partial charge in [0.2, 0.25) is 0 Å². The third-order valence-electron chi connectivity index (χ3n) is 16.4. The van der Waals surface area contributed by atoms with E-state index in [0.717, 1.165) is 77.0 Å². The van der Waals surface area contributed by atoms with E-state index in [4.69, 9.17) is 0 Å². The first-order valence-corrected chi connectivity index (χ1v) is 35.0. The first-order chi connectivity index (χ1) is 42.1. The fourth-order valence-electron chi connectivity index (χ4n) is 11.0. The molecule has 0 spiro atoms. The first kappa shape index (κ1) is 74.7. The fraction of sp³-hybridized carbons (Fsp3) is 0.685. The molecule has 0 unspecified atom stereocenters. The van der Waals surface area contributed by atoms with Crippen molar-refractivity contribution in [2.24, 2.45) is 0 Å². The van der Waals surface area contributed by atoms with Crippen molar-refractivity contribution in [1.29, 1.82) is 0 Å². The highest BCUT2D eigenvalue weighted by molar-refractivity contribution is 6.01. The third-order valence-corrected chi connectivity index (χ3v) is 16.4. The summed E-state index contributed by atoms with van der Waals surface area (Å²) in [6, 6.07) is 14.7. The number of amides is 6. The standard InChI is InChI=1S/C73H119N7O6/c1-5-9-13-17-21-25-29-33-37-41-48-74-68(81)62-52-60(53-63(56-62)69(82)75-49-42-38-34-30-26-22-18-14-10-6-2)58-78-72(85)66-46-45-47-67(80-66)73(86)79-59-61-54-64(70(83)76-50-43-39-35-31-27-23-19-15-11-7-3)57-65(55-61)71(84)77-51-44-40-36-32-28-24-20-16-12-8-4/h45-47,52-57H,5-44,48-51,58-59H2,1-4H3,(H,74,81)(H,75,82)(H,76,83)(H,77,84)(H,78,85)(H,79,86). The molecule has 86 heavy (non-hydrogen) atoms. The minimum absolute atomic E-state index is 0.00750. The quantitative estimate of drug-likeness (QED) is 0.0303. The Kier molecular flexibility index (Phi) is 43.8. The van der Waals surface area contributed by atoms with E-state index < -0.39 is 11.8 Å². The first-order valence-electron chi connectivity index (χ1n) is 35.0. The van der Waals surface area contributed by atoms with Crippen molar-refractivity contribution in [2.45, 2.75) is 298 Å². The molecule has 3 rings (SSSR count). The second-order valence-electron chi connectivity index (χ2n) is 24.4. The molecule has 6 amide bonds. The van der Waals surface area contributed by atoms with Crippen LogP contribution in [-0.4, -0.2) is 66.6 Å². The Labute approximate surface area is 521 Å². The zero-order valence-corrected chi connectivity index (χ0v) is 54.6. The summed E-state index contributed by atoms with van der Waals surface area (Å²) in [6.07, 6.45) is 47.9. The van der Waals surface area contributed by atoms with Gasteiger partial charge in [-0.05, 0) is 85.3 Å². The maximum atomic E-state index is 13.7. The van der Waals surface area contributed by atoms with Gasteiger partial charge >= 0.3 is 0 Å². The molecule has 0 aliphatic rings. The zero-order chi connectivity index (χ0) is 61.9. The molecule has 1 aromatic heterocycles. The Bertz CT molecular complexity index is 2050. The minimum atomic E-state index is -0.535. The molecule has 0 radical (unpaired) electrons. The molecule has 482 valence electrons. The SMILES string of the molecule is CCCCCCCCCCCCNC(=O)c1cc(CNC(=O)c2cccc(C(=O)NCc3cc(C(=O)NCCCCCCCCCCCC)cc(C(=O)NCCCCCCCCCCCC)c3)n2)cc(C(=O)NCCCCCCCCCCCC)c1. The van der Waals surface area contributed by atoms with Gasteiger partial charge in [-0.3, -0.25) is 28.8 Å². The summed E-state index contributed by atoms with van der Waals surface area (Å²) in [5.74, 6) is -2.16. The van der Waals surface area contributed by atoms with Gasteiger partial charge in [0.1, 0.15) is 11.4 Å². The van der Waals surface area contributed by atoms with Crippen LogP contribution in [0.3, 0.4) is 0 Å². The number of hydrogen-bond donors (Lipinski definition) is 6. The van der Waals surface area contributed by atoms with Crippen molar-refractivity contribution in [3.63, 3.8) is 0 Å². The average Bonchev–Trinajstić information content (AvgIpc) is 2.24. The molecule has 6 N–H and O–H groups in total. The Morgan fingerprint density at radius 1 is 0.267 bits per heavy atom. The van der Waals surface area contributed by atoms with Crippen LogP contribution in [-0.2, 0) is 13.1 Å². The normalized spacial score (nSPS) is 11.1. The molecule has 2 aromatic carbocycles. The van der Waals surface area contributed by atoms with Gasteiger partial charge in [0, 0.05) is 61.5 Å². The summed E-state index contributed by atoms with van der Waals surface area (Å²) < 4.78 is 0. The molecule has 3 aromatic rings. The van der Waals surface area contributed by atoms with E-state index in [2.05, 4.69) is 64.6 Å². The highest BCUT2D eigenvalue weighted by Crippen LogP contribution is 2.18. The zero-order valence-electron chi connectivity index (χ0n) is 54.6. The number of carbonyl (C=O) groups excluding carboxylic acids is 6. The lowest BCUT2D eigenvalue weighted by Crippen LogP contribution is -2.29. The van der Waals surface area contributed by atoms with E-state index in [1.807, 2.05) is 0 Å². The summed E-state index contributed by atoms with van der Waals surface area (Å²) >= 11 is 0. The topological polar surface area (TPSA) is 187 Å². The molecule has 0 bridgehead atoms. The van der Waals surface area contributed by atoms with E-state index in [0.29, 0.717) is 59.6 Å². The van der Waals surface area contributed by atoms with Gasteiger partial charge in [-0.25, -0.2) is 4.98 Å². The number of rotatable bonds is 54. The van der Waals surface area contributed by atoms with Gasteiger partial charge in [-0.15, -0.1) is 0 Å². The Hall–Kier alpha value is -5.59. The smallest absolute Gasteiger partial charge is 0.270 e. The summed E-state index contributed by atoms with van der Waals surface area (Å²) in [4.78, 5) is 86.2. The predicted molar refractivity (Wildman–Crippen MR) is 356 cm³/mol. The number of benzene rings is 2. The minimum Gasteiger partial charge on any atom is -0.352 e. The highest BCUT2D eigenvalue weighted by atomic mass is 16.2. The van der Waals surface area contributed by atoms with Crippen LogP contribution >= 0.6 is 0 Å². The van der Waals surface area contributed by atoms with Crippen molar-refractivity contribution in [2.75, 3.05) is 26.2 Å². The molecule has 0 atom stereocenters. The number of pyridine rings is 1. The van der Waals surface area contributed by atoms with Gasteiger partial charge in [0.15, 0.2) is 0 Å². The average molecular weight is 1190 g/mol. The Morgan fingerprint density at radius 3 is 0.698 bits per heavy atom. The van der Waals surface area contributed by atoms with Crippen LogP contribution in [0, 0.1) is 0 Å². The number of nitrogens with zero attached hydrogens (tertiary/aromatic N) is 1. The van der Waals surface area contributed by atoms with Crippen LogP contribution in [0.2, 0.25) is 0 Å². The summed E-state index contributed by atoms with van der Waals surface area (Å²) in [7, 11) is 0. The molecule has 0 aliphatic heterocycles. The molecule has 0 aliphatic carbocycles. The van der Waals surface area contributed by atoms with Crippen LogP contribution < -0.4 is 31.9 Å². The van der Waals surface area contributed by atoms with Gasteiger partial charge in [-0.2, -0.15) is 0 Å². The van der Waals surface area contributed by atoms with Crippen LogP contribution in [0.15, 0.2) is 54.6 Å². The fourth-order valence-corrected chi connectivity index (χ4v) is 11.0. The van der Waals surface area contributed by atoms with Crippen molar-refractivity contribution >= 4 is 35.4 Å². The molecule has 0 saturated heterocycles. The van der Waals surface area contributed by atoms with Crippen molar-refractivity contribution in [3.8, 4) is 0 Å². The van der Waals surface area contributed by atoms with Crippen molar-refractivity contribution in [1.82, 2.24) is 36.9 Å². The second-order valence-corrected chi connectivity index (χ2v) is 24.4. The molecule has 0 fully saturated rings. The van der Waals surface area contributed by atoms with E-state index in [1.165, 1.54) is 192 Å². The Balaban J connectivity index is 1.65. The van der Waals surface area contributed by atoms with Gasteiger partial charge in [-0.1, -0.05) is 265 Å². The van der Waals surface area contributed by atoms with E-state index in [9.17, 15) is 28.8 Å². The Morgan fingerprint density at radius 2 is 0.477 bits per heavy atom. The predicted octanol–water partition coefficient (Wildman–Crippen LogP) is 17.5.